The van der Waals surface area contributed by atoms with E-state index >= 15 is 0 Å². The number of nitrogens with one attached hydrogen (secondary N) is 3. The zero-order valence-corrected chi connectivity index (χ0v) is 15.5. The lowest BCUT2D eigenvalue weighted by Crippen LogP contribution is -2.57. The molecule has 23 heavy (non-hydrogen) atoms. The number of nitrogens with zero attached hydrogens (tertiary/aromatic N) is 1. The minimum Gasteiger partial charge on any atom is -0.453 e. The van der Waals surface area contributed by atoms with Crippen molar-refractivity contribution in [2.75, 3.05) is 13.7 Å². The summed E-state index contributed by atoms with van der Waals surface area (Å²) in [5.74, 6) is 0.330. The van der Waals surface area contributed by atoms with Crippen LogP contribution in [0.15, 0.2) is 10.8 Å². The van der Waals surface area contributed by atoms with Gasteiger partial charge in [0.15, 0.2) is 0 Å². The van der Waals surface area contributed by atoms with Crippen molar-refractivity contribution in [3.8, 4) is 0 Å². The normalized spacial score (nSPS) is 28.0. The predicted octanol–water partition coefficient (Wildman–Crippen LogP) is 1.32. The van der Waals surface area contributed by atoms with Crippen molar-refractivity contribution < 1.29 is 14.3 Å². The fraction of sp³-hybridized carbons (Fsp3) is 0.733. The lowest BCUT2D eigenvalue weighted by molar-refractivity contribution is -0.135. The minimum absolute atomic E-state index is 0.0208. The monoisotopic (exact) mass is 388 g/mol. The van der Waals surface area contributed by atoms with E-state index in [1.165, 1.54) is 7.11 Å². The molecule has 1 unspecified atom stereocenters. The Morgan fingerprint density at radius 2 is 2.17 bits per heavy atom. The number of halogens is 1. The maximum absolute atomic E-state index is 13.0. The van der Waals surface area contributed by atoms with Crippen molar-refractivity contribution in [1.82, 2.24) is 20.9 Å². The largest absolute Gasteiger partial charge is 0.453 e. The van der Waals surface area contributed by atoms with Crippen LogP contribution in [0.1, 0.15) is 27.2 Å². The summed E-state index contributed by atoms with van der Waals surface area (Å²) >= 11 is 3.40. The van der Waals surface area contributed by atoms with Crippen LogP contribution in [0.5, 0.6) is 0 Å². The third kappa shape index (κ3) is 4.10. The van der Waals surface area contributed by atoms with Crippen molar-refractivity contribution in [2.45, 2.75) is 45.4 Å². The summed E-state index contributed by atoms with van der Waals surface area (Å²) in [5, 5.41) is 9.19. The third-order valence-corrected chi connectivity index (χ3v) is 4.75. The molecule has 0 bridgehead atoms. The van der Waals surface area contributed by atoms with Crippen molar-refractivity contribution in [3.63, 3.8) is 0 Å². The molecule has 2 rings (SSSR count). The topological polar surface area (TPSA) is 82.7 Å². The van der Waals surface area contributed by atoms with E-state index in [4.69, 9.17) is 0 Å². The third-order valence-electron chi connectivity index (χ3n) is 4.29. The van der Waals surface area contributed by atoms with Gasteiger partial charge in [0.25, 0.3) is 0 Å². The van der Waals surface area contributed by atoms with Crippen molar-refractivity contribution in [3.05, 3.63) is 10.8 Å². The Morgan fingerprint density at radius 3 is 2.70 bits per heavy atom. The Bertz CT molecular complexity index is 497. The Hall–Kier alpha value is -1.44. The Kier molecular flexibility index (Phi) is 5.78. The van der Waals surface area contributed by atoms with Crippen LogP contribution in [-0.4, -0.2) is 48.8 Å². The Balaban J connectivity index is 2.12. The average Bonchev–Trinajstić information content (AvgIpc) is 3.09. The van der Waals surface area contributed by atoms with Crippen molar-refractivity contribution in [1.29, 1.82) is 0 Å². The summed E-state index contributed by atoms with van der Waals surface area (Å²) in [6, 6.07) is -0.558. The van der Waals surface area contributed by atoms with Crippen LogP contribution in [0.2, 0.25) is 0 Å². The molecule has 0 aromatic heterocycles. The van der Waals surface area contributed by atoms with Crippen LogP contribution in [0.25, 0.3) is 0 Å². The van der Waals surface area contributed by atoms with E-state index in [1.807, 2.05) is 24.9 Å². The average molecular weight is 389 g/mol. The maximum atomic E-state index is 13.0. The van der Waals surface area contributed by atoms with E-state index in [9.17, 15) is 9.59 Å². The van der Waals surface area contributed by atoms with Gasteiger partial charge in [0.05, 0.1) is 17.8 Å². The second kappa shape index (κ2) is 7.42. The number of ether oxygens (including phenoxy) is 1. The van der Waals surface area contributed by atoms with Gasteiger partial charge in [-0.15, -0.1) is 0 Å². The second-order valence-electron chi connectivity index (χ2n) is 6.54. The lowest BCUT2D eigenvalue weighted by atomic mass is 10.0. The van der Waals surface area contributed by atoms with Gasteiger partial charge in [0, 0.05) is 12.7 Å². The fourth-order valence-electron chi connectivity index (χ4n) is 3.13. The van der Waals surface area contributed by atoms with Crippen molar-refractivity contribution >= 4 is 27.9 Å². The van der Waals surface area contributed by atoms with Crippen LogP contribution < -0.4 is 16.0 Å². The van der Waals surface area contributed by atoms with Crippen LogP contribution in [0.3, 0.4) is 0 Å². The highest BCUT2D eigenvalue weighted by atomic mass is 79.9. The molecular weight excluding hydrogens is 364 g/mol. The first kappa shape index (κ1) is 17.9. The first-order chi connectivity index (χ1) is 10.8. The zero-order valence-electron chi connectivity index (χ0n) is 13.9. The maximum Gasteiger partial charge on any atom is 0.407 e. The van der Waals surface area contributed by atoms with Gasteiger partial charge in [0.1, 0.15) is 12.2 Å². The highest BCUT2D eigenvalue weighted by Crippen LogP contribution is 2.28. The molecule has 0 radical (unpaired) electrons. The zero-order chi connectivity index (χ0) is 17.1. The van der Waals surface area contributed by atoms with Gasteiger partial charge in [-0.3, -0.25) is 4.79 Å². The summed E-state index contributed by atoms with van der Waals surface area (Å²) in [7, 11) is 1.30. The van der Waals surface area contributed by atoms with Crippen LogP contribution >= 0.6 is 15.9 Å². The first-order valence-electron chi connectivity index (χ1n) is 7.86. The number of likely N-dealkylation sites (tertiary alicyclic amines) is 1. The molecule has 2 aliphatic heterocycles. The number of hydrogen-bond acceptors (Lipinski definition) is 5. The molecule has 0 saturated carbocycles. The molecule has 4 atom stereocenters. The molecule has 2 heterocycles. The smallest absolute Gasteiger partial charge is 0.407 e. The van der Waals surface area contributed by atoms with E-state index in [1.54, 1.807) is 0 Å². The quantitative estimate of drug-likeness (QED) is 0.632. The van der Waals surface area contributed by atoms with E-state index in [2.05, 4.69) is 43.5 Å². The molecule has 0 aromatic carbocycles. The molecular formula is C15H25BrN4O3. The lowest BCUT2D eigenvalue weighted by Gasteiger charge is -2.33. The van der Waals surface area contributed by atoms with Gasteiger partial charge in [-0.2, -0.15) is 0 Å². The van der Waals surface area contributed by atoms with E-state index < -0.39 is 12.1 Å². The fourth-order valence-corrected chi connectivity index (χ4v) is 3.51. The highest BCUT2D eigenvalue weighted by Gasteiger charge is 2.42. The van der Waals surface area contributed by atoms with E-state index in [-0.39, 0.29) is 24.0 Å². The number of rotatable bonds is 4. The molecule has 8 heteroatoms. The standard InChI is InChI=1S/C15H25BrN4O3/c1-8(2)12(19-15(22)23-4)14(21)20-7-9(3)5-10(20)13-17-6-11(16)18-13/h6,8-10,12-13,17-18H,5,7H2,1-4H3,(H,19,22)/t9-,10-,12-,13?/m0/s1. The van der Waals surface area contributed by atoms with Crippen LogP contribution in [0, 0.1) is 11.8 Å². The second-order valence-corrected chi connectivity index (χ2v) is 7.39. The molecule has 3 N–H and O–H groups in total. The number of carbonyl (C=O) groups excluding carboxylic acids is 2. The van der Waals surface area contributed by atoms with Gasteiger partial charge in [-0.25, -0.2) is 4.79 Å². The predicted molar refractivity (Wildman–Crippen MR) is 90.5 cm³/mol. The number of methoxy groups -OCH3 is 1. The molecule has 2 aliphatic rings. The van der Waals surface area contributed by atoms with Gasteiger partial charge >= 0.3 is 6.09 Å². The molecule has 1 fully saturated rings. The van der Waals surface area contributed by atoms with Crippen LogP contribution in [-0.2, 0) is 9.53 Å². The van der Waals surface area contributed by atoms with Crippen LogP contribution in [0.4, 0.5) is 4.79 Å². The molecule has 2 amide bonds. The highest BCUT2D eigenvalue weighted by molar-refractivity contribution is 9.11. The number of amides is 2. The van der Waals surface area contributed by atoms with E-state index in [0.29, 0.717) is 12.5 Å². The first-order valence-corrected chi connectivity index (χ1v) is 8.66. The molecule has 0 aromatic rings. The Morgan fingerprint density at radius 1 is 1.48 bits per heavy atom. The summed E-state index contributed by atoms with van der Waals surface area (Å²) in [6.07, 6.45) is 2.16. The molecule has 0 aliphatic carbocycles. The van der Waals surface area contributed by atoms with Gasteiger partial charge in [0.2, 0.25) is 5.91 Å². The van der Waals surface area contributed by atoms with Crippen molar-refractivity contribution in [2.24, 2.45) is 11.8 Å². The Labute approximate surface area is 145 Å². The minimum atomic E-state index is -0.590. The molecule has 1 saturated heterocycles. The number of carbonyl (C=O) groups is 2. The molecule has 7 nitrogen and oxygen atoms in total. The SMILES string of the molecule is COC(=O)N[C@H](C(=O)N1C[C@@H](C)C[C@H]1C1NC=C(Br)N1)C(C)C. The van der Waals surface area contributed by atoms with Gasteiger partial charge in [-0.1, -0.05) is 20.8 Å². The van der Waals surface area contributed by atoms with Gasteiger partial charge < -0.3 is 25.6 Å². The summed E-state index contributed by atoms with van der Waals surface area (Å²) in [5.41, 5.74) is 0. The molecule has 130 valence electrons. The summed E-state index contributed by atoms with van der Waals surface area (Å²) < 4.78 is 5.52. The molecule has 0 spiro atoms. The summed E-state index contributed by atoms with van der Waals surface area (Å²) in [6.45, 7) is 6.65. The number of hydrogen-bond donors (Lipinski definition) is 3. The number of alkyl carbamates (subject to hydrolysis) is 1. The van der Waals surface area contributed by atoms with E-state index in [0.717, 1.165) is 11.0 Å². The summed E-state index contributed by atoms with van der Waals surface area (Å²) in [4.78, 5) is 26.4. The van der Waals surface area contributed by atoms with Gasteiger partial charge in [-0.05, 0) is 34.2 Å².